The molecule has 6 rings (SSSR count). The van der Waals surface area contributed by atoms with Gasteiger partial charge in [0.2, 0.25) is 0 Å². The first-order valence-electron chi connectivity index (χ1n) is 13.7. The monoisotopic (exact) mass is 764 g/mol. The average molecular weight is 767 g/mol. The van der Waals surface area contributed by atoms with E-state index in [9.17, 15) is 37.5 Å². The van der Waals surface area contributed by atoms with E-state index in [2.05, 4.69) is 20.9 Å². The number of phenols is 1. The van der Waals surface area contributed by atoms with Crippen LogP contribution in [0.15, 0.2) is 42.0 Å². The third-order valence-electron chi connectivity index (χ3n) is 9.26. The summed E-state index contributed by atoms with van der Waals surface area (Å²) in [7, 11) is 2.58. The topological polar surface area (TPSA) is 120 Å². The Morgan fingerprint density at radius 2 is 1.80 bits per heavy atom. The van der Waals surface area contributed by atoms with Crippen LogP contribution in [0.25, 0.3) is 0 Å². The number of nitrogens with zero attached hydrogens (tertiary/aromatic N) is 4. The second kappa shape index (κ2) is 11.0. The predicted octanol–water partition coefficient (Wildman–Crippen LogP) is 5.23. The number of phenolic OH excluding ortho intramolecular Hbond substituents is 1. The number of hydrazine groups is 1. The highest BCUT2D eigenvalue weighted by atomic mass is 79.9. The molecule has 0 bridgehead atoms. The minimum atomic E-state index is -4.83. The molecule has 4 amide bonds. The number of rotatable bonds is 5. The van der Waals surface area contributed by atoms with Gasteiger partial charge >= 0.3 is 6.18 Å². The molecule has 2 aliphatic heterocycles. The van der Waals surface area contributed by atoms with Crippen LogP contribution in [-0.4, -0.2) is 73.0 Å². The first kappa shape index (κ1) is 32.9. The van der Waals surface area contributed by atoms with Crippen molar-refractivity contribution in [3.05, 3.63) is 58.3 Å². The van der Waals surface area contributed by atoms with Gasteiger partial charge in [0.1, 0.15) is 17.2 Å². The summed E-state index contributed by atoms with van der Waals surface area (Å²) in [6.07, 6.45) is -3.52. The lowest BCUT2D eigenvalue weighted by atomic mass is 9.56. The Labute approximate surface area is 283 Å². The molecule has 1 N–H and O–H groups in total. The van der Waals surface area contributed by atoms with Crippen molar-refractivity contribution in [3.63, 3.8) is 0 Å². The number of amides is 4. The van der Waals surface area contributed by atoms with Gasteiger partial charge in [-0.05, 0) is 37.0 Å². The van der Waals surface area contributed by atoms with E-state index in [1.165, 1.54) is 32.4 Å². The number of alkyl halides is 6. The molecule has 3 fully saturated rings. The number of hydrogen-bond donors (Lipinski definition) is 1. The molecule has 244 valence electrons. The van der Waals surface area contributed by atoms with Crippen molar-refractivity contribution in [2.75, 3.05) is 24.6 Å². The number of pyridine rings is 1. The molecular weight excluding hydrogens is 744 g/mol. The second-order valence-corrected chi connectivity index (χ2v) is 13.6. The Morgan fingerprint density at radius 3 is 2.41 bits per heavy atom. The number of halogens is 7. The molecule has 4 aliphatic rings. The van der Waals surface area contributed by atoms with E-state index < -0.39 is 74.7 Å². The molecular formula is C29H23BrCl3F3N4O6. The standard InChI is InChI=1S/C29H23BrCl3F3N4O6/c1-38(22-17(31)7-8-19(37-22)29(34,35)36)40-23(42)15-6-5-13-16(20(15)24(40)43)10-27(32)25(44)39(11-30)26(45)28(27,33)21(13)14-4-3-12(46-2)9-18(14)41/h3-5,7-9,15-16,20-21,41H,6,10-11H2,1-2H3/t15-,16+,20-,21+,27+,28-/m0/s1. The second-order valence-electron chi connectivity index (χ2n) is 11.4. The lowest BCUT2D eigenvalue weighted by Gasteiger charge is -2.50. The van der Waals surface area contributed by atoms with Crippen LogP contribution in [-0.2, 0) is 25.4 Å². The van der Waals surface area contributed by atoms with E-state index in [0.29, 0.717) is 22.4 Å². The Balaban J connectivity index is 1.47. The molecule has 1 aromatic heterocycles. The molecule has 17 heteroatoms. The largest absolute Gasteiger partial charge is 0.508 e. The molecule has 2 aromatic rings. The minimum Gasteiger partial charge on any atom is -0.508 e. The van der Waals surface area contributed by atoms with Crippen molar-refractivity contribution in [1.29, 1.82) is 0 Å². The van der Waals surface area contributed by atoms with Gasteiger partial charge in [-0.15, -0.1) is 23.2 Å². The molecule has 1 aromatic carbocycles. The minimum absolute atomic E-state index is 0.0187. The van der Waals surface area contributed by atoms with Crippen molar-refractivity contribution in [3.8, 4) is 11.5 Å². The lowest BCUT2D eigenvalue weighted by molar-refractivity contribution is -0.142. The summed E-state index contributed by atoms with van der Waals surface area (Å²) in [6, 6.07) is 5.94. The van der Waals surface area contributed by atoms with Crippen LogP contribution >= 0.6 is 50.7 Å². The normalized spacial score (nSPS) is 30.7. The highest BCUT2D eigenvalue weighted by Crippen LogP contribution is 2.66. The zero-order valence-electron chi connectivity index (χ0n) is 23.8. The van der Waals surface area contributed by atoms with Gasteiger partial charge < -0.3 is 9.84 Å². The Hall–Kier alpha value is -3.07. The van der Waals surface area contributed by atoms with E-state index in [1.807, 2.05) is 0 Å². The Bertz CT molecular complexity index is 1750. The molecule has 6 atom stereocenters. The molecule has 1 saturated carbocycles. The molecule has 0 spiro atoms. The highest BCUT2D eigenvalue weighted by Gasteiger charge is 2.76. The van der Waals surface area contributed by atoms with E-state index >= 15 is 0 Å². The van der Waals surface area contributed by atoms with Crippen molar-refractivity contribution >= 4 is 80.2 Å². The fourth-order valence-electron chi connectivity index (χ4n) is 7.18. The van der Waals surface area contributed by atoms with Crippen LogP contribution < -0.4 is 9.75 Å². The zero-order valence-corrected chi connectivity index (χ0v) is 27.7. The number of ether oxygens (including phenoxy) is 1. The predicted molar refractivity (Wildman–Crippen MR) is 163 cm³/mol. The van der Waals surface area contributed by atoms with Crippen LogP contribution in [0.3, 0.4) is 0 Å². The van der Waals surface area contributed by atoms with Crippen LogP contribution in [0.4, 0.5) is 19.0 Å². The quantitative estimate of drug-likeness (QED) is 0.190. The molecule has 0 radical (unpaired) electrons. The maximum absolute atomic E-state index is 14.2. The van der Waals surface area contributed by atoms with Crippen LogP contribution in [0, 0.1) is 17.8 Å². The lowest BCUT2D eigenvalue weighted by Crippen LogP contribution is -2.60. The third kappa shape index (κ3) is 4.39. The summed E-state index contributed by atoms with van der Waals surface area (Å²) in [4.78, 5) is 55.8. The number of methoxy groups -OCH3 is 1. The fraction of sp³-hybridized carbons (Fsp3) is 0.414. The number of aromatic nitrogens is 1. The third-order valence-corrected chi connectivity index (χ3v) is 11.5. The maximum atomic E-state index is 14.2. The highest BCUT2D eigenvalue weighted by molar-refractivity contribution is 9.09. The summed E-state index contributed by atoms with van der Waals surface area (Å²) >= 11 is 23.6. The van der Waals surface area contributed by atoms with Gasteiger partial charge in [-0.2, -0.15) is 18.2 Å². The number of carbonyl (C=O) groups excluding carboxylic acids is 4. The van der Waals surface area contributed by atoms with E-state index in [1.54, 1.807) is 6.08 Å². The molecule has 3 heterocycles. The number of carbonyl (C=O) groups is 4. The first-order chi connectivity index (χ1) is 21.5. The Morgan fingerprint density at radius 1 is 1.11 bits per heavy atom. The van der Waals surface area contributed by atoms with Gasteiger partial charge in [-0.1, -0.05) is 45.2 Å². The van der Waals surface area contributed by atoms with Gasteiger partial charge in [0.05, 0.1) is 29.4 Å². The smallest absolute Gasteiger partial charge is 0.433 e. The van der Waals surface area contributed by atoms with E-state index in [-0.39, 0.29) is 34.6 Å². The summed E-state index contributed by atoms with van der Waals surface area (Å²) in [5, 5.41) is 12.4. The van der Waals surface area contributed by atoms with Crippen molar-refractivity contribution in [1.82, 2.24) is 14.9 Å². The van der Waals surface area contributed by atoms with Crippen molar-refractivity contribution in [2.45, 2.75) is 34.7 Å². The molecule has 2 aliphatic carbocycles. The summed E-state index contributed by atoms with van der Waals surface area (Å²) in [6.45, 7) is 0. The number of allylic oxidation sites excluding steroid dienone is 2. The van der Waals surface area contributed by atoms with E-state index in [4.69, 9.17) is 39.5 Å². The zero-order chi connectivity index (χ0) is 33.7. The van der Waals surface area contributed by atoms with Crippen molar-refractivity contribution < 1.29 is 42.2 Å². The van der Waals surface area contributed by atoms with Crippen LogP contribution in [0.1, 0.15) is 30.0 Å². The molecule has 2 saturated heterocycles. The number of likely N-dealkylation sites (tertiary alicyclic amines) is 1. The fourth-order valence-corrected chi connectivity index (χ4v) is 8.83. The summed E-state index contributed by atoms with van der Waals surface area (Å²) in [5.41, 5.74) is -0.965. The van der Waals surface area contributed by atoms with E-state index in [0.717, 1.165) is 16.0 Å². The first-order valence-corrected chi connectivity index (χ1v) is 16.0. The Kier molecular flexibility index (Phi) is 7.85. The number of benzene rings is 1. The number of fused-ring (bicyclic) bond motifs is 4. The van der Waals surface area contributed by atoms with Crippen LogP contribution in [0.2, 0.25) is 5.02 Å². The molecule has 10 nitrogen and oxygen atoms in total. The van der Waals surface area contributed by atoms with Gasteiger partial charge in [-0.25, -0.2) is 4.98 Å². The number of anilines is 1. The van der Waals surface area contributed by atoms with Gasteiger partial charge in [0.25, 0.3) is 23.6 Å². The average Bonchev–Trinajstić information content (AvgIpc) is 3.34. The summed E-state index contributed by atoms with van der Waals surface area (Å²) < 4.78 is 45.6. The SMILES string of the molecule is COc1ccc([C@H]2C3=CC[C@@H]4C(=O)N(N(C)c5nc(C(F)(F)F)ccc5Cl)C(=O)[C@@H]4[C@@H]3C[C@@]3(Cl)C(=O)N(CBr)C(=O)[C@@]23Cl)c(O)c1. The van der Waals surface area contributed by atoms with Gasteiger partial charge in [0, 0.05) is 24.6 Å². The number of imide groups is 2. The number of aromatic hydroxyl groups is 1. The maximum Gasteiger partial charge on any atom is 0.433 e. The van der Waals surface area contributed by atoms with Gasteiger partial charge in [0.15, 0.2) is 15.6 Å². The van der Waals surface area contributed by atoms with Crippen molar-refractivity contribution in [2.24, 2.45) is 17.8 Å². The van der Waals surface area contributed by atoms with Crippen LogP contribution in [0.5, 0.6) is 11.5 Å². The number of hydrogen-bond acceptors (Lipinski definition) is 8. The molecule has 46 heavy (non-hydrogen) atoms. The van der Waals surface area contributed by atoms with Gasteiger partial charge in [-0.3, -0.25) is 29.1 Å². The molecule has 0 unspecified atom stereocenters. The summed E-state index contributed by atoms with van der Waals surface area (Å²) in [5.74, 6) is -7.98.